The van der Waals surface area contributed by atoms with Crippen molar-refractivity contribution < 1.29 is 43.9 Å². The van der Waals surface area contributed by atoms with Crippen molar-refractivity contribution in [3.8, 4) is 17.2 Å². The van der Waals surface area contributed by atoms with Crippen LogP contribution in [0, 0.1) is 0 Å². The summed E-state index contributed by atoms with van der Waals surface area (Å²) in [7, 11) is 0. The number of hydrogen-bond acceptors (Lipinski definition) is 9. The van der Waals surface area contributed by atoms with Crippen molar-refractivity contribution in [3.05, 3.63) is 89.5 Å². The molecule has 3 aromatic rings. The highest BCUT2D eigenvalue weighted by atomic mass is 16.5. The highest BCUT2D eigenvalue weighted by Gasteiger charge is 2.07. The van der Waals surface area contributed by atoms with Crippen LogP contribution in [0.1, 0.15) is 77.5 Å². The molecular formula is C31H38O9. The van der Waals surface area contributed by atoms with Gasteiger partial charge in [0.05, 0.1) is 36.5 Å². The van der Waals surface area contributed by atoms with Crippen molar-refractivity contribution >= 4 is 17.9 Å². The van der Waals surface area contributed by atoms with Crippen LogP contribution in [0.3, 0.4) is 0 Å². The molecule has 0 aliphatic heterocycles. The molecule has 0 spiro atoms. The van der Waals surface area contributed by atoms with E-state index in [0.29, 0.717) is 36.5 Å². The Balaban J connectivity index is 0.000000300. The highest BCUT2D eigenvalue weighted by Crippen LogP contribution is 2.12. The average molecular weight is 555 g/mol. The predicted octanol–water partition coefficient (Wildman–Crippen LogP) is 6.27. The molecule has 0 unspecified atom stereocenters. The Labute approximate surface area is 235 Å². The zero-order valence-electron chi connectivity index (χ0n) is 23.2. The molecule has 0 amide bonds. The molecule has 9 heteroatoms. The molecule has 0 bridgehead atoms. The second-order valence-corrected chi connectivity index (χ2v) is 8.40. The first-order chi connectivity index (χ1) is 19.2. The van der Waals surface area contributed by atoms with Gasteiger partial charge in [0.25, 0.3) is 0 Å². The molecule has 216 valence electrons. The summed E-state index contributed by atoms with van der Waals surface area (Å²) in [6.07, 6.45) is 3.50. The van der Waals surface area contributed by atoms with Crippen molar-refractivity contribution in [2.75, 3.05) is 19.8 Å². The number of ether oxygens (including phenoxy) is 3. The molecule has 0 aromatic heterocycles. The van der Waals surface area contributed by atoms with Gasteiger partial charge in [0.1, 0.15) is 17.2 Å². The Morgan fingerprint density at radius 3 is 1.00 bits per heavy atom. The van der Waals surface area contributed by atoms with Crippen molar-refractivity contribution in [2.24, 2.45) is 0 Å². The molecule has 3 aromatic carbocycles. The first-order valence-corrected chi connectivity index (χ1v) is 13.1. The molecule has 3 rings (SSSR count). The molecule has 0 fully saturated rings. The molecule has 0 aliphatic carbocycles. The van der Waals surface area contributed by atoms with E-state index in [9.17, 15) is 14.4 Å². The quantitative estimate of drug-likeness (QED) is 0.150. The van der Waals surface area contributed by atoms with Crippen molar-refractivity contribution in [1.29, 1.82) is 0 Å². The van der Waals surface area contributed by atoms with Gasteiger partial charge in [-0.15, -0.1) is 0 Å². The van der Waals surface area contributed by atoms with E-state index in [1.165, 1.54) is 60.7 Å². The predicted molar refractivity (Wildman–Crippen MR) is 151 cm³/mol. The maximum atomic E-state index is 11.3. The second-order valence-electron chi connectivity index (χ2n) is 8.40. The summed E-state index contributed by atoms with van der Waals surface area (Å²) in [5.74, 6) is -0.587. The summed E-state index contributed by atoms with van der Waals surface area (Å²) in [5.41, 5.74) is 1.40. The number of carbonyl (C=O) groups is 3. The molecule has 9 nitrogen and oxygen atoms in total. The maximum Gasteiger partial charge on any atom is 0.338 e. The maximum absolute atomic E-state index is 11.3. The van der Waals surface area contributed by atoms with E-state index in [0.717, 1.165) is 25.7 Å². The molecule has 0 saturated carbocycles. The second kappa shape index (κ2) is 19.5. The fourth-order valence-electron chi connectivity index (χ4n) is 2.74. The van der Waals surface area contributed by atoms with Gasteiger partial charge in [-0.2, -0.15) is 0 Å². The number of benzene rings is 3. The Hall–Kier alpha value is -4.53. The smallest absolute Gasteiger partial charge is 0.338 e. The third kappa shape index (κ3) is 13.9. The Morgan fingerprint density at radius 1 is 0.475 bits per heavy atom. The lowest BCUT2D eigenvalue weighted by molar-refractivity contribution is 0.0492. The van der Waals surface area contributed by atoms with Crippen LogP contribution in [-0.2, 0) is 14.2 Å². The molecular weight excluding hydrogens is 516 g/mol. The van der Waals surface area contributed by atoms with Crippen LogP contribution in [-0.4, -0.2) is 53.0 Å². The van der Waals surface area contributed by atoms with Gasteiger partial charge in [0.2, 0.25) is 0 Å². The minimum atomic E-state index is -0.346. The topological polar surface area (TPSA) is 140 Å². The van der Waals surface area contributed by atoms with Crippen LogP contribution in [0.15, 0.2) is 72.8 Å². The normalized spacial score (nSPS) is 9.68. The van der Waals surface area contributed by atoms with Gasteiger partial charge in [-0.25, -0.2) is 14.4 Å². The van der Waals surface area contributed by atoms with E-state index in [4.69, 9.17) is 29.5 Å². The number of unbranched alkanes of at least 4 members (excludes halogenated alkanes) is 1. The number of aromatic hydroxyl groups is 3. The standard InChI is InChI=1S/C11H14O3.2C10H12O3/c1-2-3-8-14-11(13)9-4-6-10(12)7-5-9;2*1-2-7-13-10(12)8-3-5-9(11)6-4-8/h4-7,12H,2-3,8H2,1H3;2*3-6,11H,2,7H2,1H3. The summed E-state index contributed by atoms with van der Waals surface area (Å²) in [5, 5.41) is 26.9. The molecule has 3 N–H and O–H groups in total. The third-order valence-corrected chi connectivity index (χ3v) is 4.91. The van der Waals surface area contributed by atoms with Crippen LogP contribution in [0.4, 0.5) is 0 Å². The third-order valence-electron chi connectivity index (χ3n) is 4.91. The minimum Gasteiger partial charge on any atom is -0.508 e. The number of esters is 3. The molecule has 0 saturated heterocycles. The molecule has 0 heterocycles. The SMILES string of the molecule is CCCCOC(=O)c1ccc(O)cc1.CCCOC(=O)c1ccc(O)cc1.CCCOC(=O)c1ccc(O)cc1. The lowest BCUT2D eigenvalue weighted by Gasteiger charge is -2.03. The van der Waals surface area contributed by atoms with E-state index in [2.05, 4.69) is 0 Å². The van der Waals surface area contributed by atoms with Crippen molar-refractivity contribution in [2.45, 2.75) is 46.5 Å². The Kier molecular flexibility index (Phi) is 16.4. The molecule has 40 heavy (non-hydrogen) atoms. The van der Waals surface area contributed by atoms with E-state index in [1.807, 2.05) is 20.8 Å². The number of carbonyl (C=O) groups excluding carboxylic acids is 3. The number of phenols is 3. The summed E-state index contributed by atoms with van der Waals surface area (Å²) in [6.45, 7) is 7.22. The van der Waals surface area contributed by atoms with Gasteiger partial charge >= 0.3 is 17.9 Å². The van der Waals surface area contributed by atoms with Gasteiger partial charge in [0.15, 0.2) is 0 Å². The lowest BCUT2D eigenvalue weighted by atomic mass is 10.2. The lowest BCUT2D eigenvalue weighted by Crippen LogP contribution is -2.05. The highest BCUT2D eigenvalue weighted by molar-refractivity contribution is 5.90. The molecule has 0 aliphatic rings. The van der Waals surface area contributed by atoms with Gasteiger partial charge in [-0.05, 0) is 92.1 Å². The van der Waals surface area contributed by atoms with Gasteiger partial charge in [0, 0.05) is 0 Å². The monoisotopic (exact) mass is 554 g/mol. The largest absolute Gasteiger partial charge is 0.508 e. The van der Waals surface area contributed by atoms with E-state index < -0.39 is 0 Å². The zero-order chi connectivity index (χ0) is 29.8. The van der Waals surface area contributed by atoms with Crippen LogP contribution < -0.4 is 0 Å². The zero-order valence-corrected chi connectivity index (χ0v) is 23.2. The van der Waals surface area contributed by atoms with Gasteiger partial charge in [-0.3, -0.25) is 0 Å². The summed E-state index contributed by atoms with van der Waals surface area (Å²) < 4.78 is 14.8. The van der Waals surface area contributed by atoms with Crippen molar-refractivity contribution in [1.82, 2.24) is 0 Å². The summed E-state index contributed by atoms with van der Waals surface area (Å²) in [4.78, 5) is 33.7. The number of rotatable bonds is 10. The van der Waals surface area contributed by atoms with Crippen LogP contribution in [0.5, 0.6) is 17.2 Å². The fraction of sp³-hybridized carbons (Fsp3) is 0.323. The summed E-state index contributed by atoms with van der Waals surface area (Å²) >= 11 is 0. The first kappa shape index (κ1) is 33.5. The number of phenolic OH excluding ortho intramolecular Hbond substituents is 3. The van der Waals surface area contributed by atoms with E-state index >= 15 is 0 Å². The fourth-order valence-corrected chi connectivity index (χ4v) is 2.74. The molecule has 0 atom stereocenters. The average Bonchev–Trinajstić information content (AvgIpc) is 2.96. The van der Waals surface area contributed by atoms with Gasteiger partial charge in [-0.1, -0.05) is 27.2 Å². The number of hydrogen-bond donors (Lipinski definition) is 3. The van der Waals surface area contributed by atoms with Crippen LogP contribution in [0.2, 0.25) is 0 Å². The Bertz CT molecular complexity index is 1080. The Morgan fingerprint density at radius 2 is 0.750 bits per heavy atom. The van der Waals surface area contributed by atoms with E-state index in [-0.39, 0.29) is 35.2 Å². The van der Waals surface area contributed by atoms with E-state index in [1.54, 1.807) is 12.1 Å². The van der Waals surface area contributed by atoms with Gasteiger partial charge < -0.3 is 29.5 Å². The molecule has 0 radical (unpaired) electrons. The van der Waals surface area contributed by atoms with Crippen LogP contribution >= 0.6 is 0 Å². The summed E-state index contributed by atoms with van der Waals surface area (Å²) in [6, 6.07) is 18.0. The first-order valence-electron chi connectivity index (χ1n) is 13.1. The van der Waals surface area contributed by atoms with Crippen LogP contribution in [0.25, 0.3) is 0 Å². The van der Waals surface area contributed by atoms with Crippen molar-refractivity contribution in [3.63, 3.8) is 0 Å². The minimum absolute atomic E-state index is 0.145.